The van der Waals surface area contributed by atoms with Gasteiger partial charge in [0.1, 0.15) is 0 Å². The lowest BCUT2D eigenvalue weighted by atomic mass is 10.1. The van der Waals surface area contributed by atoms with Crippen LogP contribution in [-0.4, -0.2) is 52.6 Å². The maximum absolute atomic E-state index is 4.61. The van der Waals surface area contributed by atoms with E-state index in [2.05, 4.69) is 56.1 Å². The number of fused-ring (bicyclic) bond motifs is 1. The second kappa shape index (κ2) is 7.69. The molecule has 0 aliphatic carbocycles. The number of aromatic nitrogens is 3. The Morgan fingerprint density at radius 1 is 0.963 bits per heavy atom. The first-order valence-corrected chi connectivity index (χ1v) is 9.95. The van der Waals surface area contributed by atoms with Crippen molar-refractivity contribution in [2.45, 2.75) is 33.6 Å². The number of nitrogens with zero attached hydrogens (tertiary/aromatic N) is 4. The minimum absolute atomic E-state index is 0.890. The molecule has 4 rings (SSSR count). The molecular formula is C22H29N5. The standard InChI is InChI=1S/C22H29N5/c1-16-6-7-21-20(13-16)19(15-23-21)5-4-8-26-9-11-27(12-10-26)22-24-17(2)14-18(3)25-22/h6-7,13-15,23H,4-5,8-12H2,1-3H3. The fourth-order valence-electron chi connectivity index (χ4n) is 4.01. The normalized spacial score (nSPS) is 15.6. The van der Waals surface area contributed by atoms with Gasteiger partial charge in [-0.05, 0) is 63.9 Å². The average molecular weight is 364 g/mol. The van der Waals surface area contributed by atoms with Crippen LogP contribution in [0.3, 0.4) is 0 Å². The van der Waals surface area contributed by atoms with Crippen molar-refractivity contribution < 1.29 is 0 Å². The number of aryl methyl sites for hydroxylation is 4. The van der Waals surface area contributed by atoms with Crippen LogP contribution in [0.4, 0.5) is 5.95 Å². The van der Waals surface area contributed by atoms with Gasteiger partial charge < -0.3 is 9.88 Å². The van der Waals surface area contributed by atoms with Crippen LogP contribution in [0.1, 0.15) is 28.9 Å². The van der Waals surface area contributed by atoms with Gasteiger partial charge in [-0.1, -0.05) is 11.6 Å². The number of hydrogen-bond acceptors (Lipinski definition) is 4. The molecule has 1 fully saturated rings. The van der Waals surface area contributed by atoms with Gasteiger partial charge in [0.25, 0.3) is 0 Å². The molecule has 0 atom stereocenters. The van der Waals surface area contributed by atoms with Crippen molar-refractivity contribution in [3.8, 4) is 0 Å². The Morgan fingerprint density at radius 2 is 1.70 bits per heavy atom. The van der Waals surface area contributed by atoms with E-state index in [1.165, 1.54) is 28.5 Å². The zero-order chi connectivity index (χ0) is 18.8. The molecule has 2 aromatic heterocycles. The molecule has 1 aromatic carbocycles. The summed E-state index contributed by atoms with van der Waals surface area (Å²) in [6.07, 6.45) is 4.50. The zero-order valence-electron chi connectivity index (χ0n) is 16.6. The molecule has 1 N–H and O–H groups in total. The predicted octanol–water partition coefficient (Wildman–Crippen LogP) is 3.64. The molecule has 0 unspecified atom stereocenters. The van der Waals surface area contributed by atoms with Gasteiger partial charge in [-0.15, -0.1) is 0 Å². The lowest BCUT2D eigenvalue weighted by molar-refractivity contribution is 0.254. The molecule has 142 valence electrons. The molecule has 1 aliphatic heterocycles. The highest BCUT2D eigenvalue weighted by Crippen LogP contribution is 2.21. The van der Waals surface area contributed by atoms with Crippen LogP contribution in [0.5, 0.6) is 0 Å². The van der Waals surface area contributed by atoms with Crippen LogP contribution in [0.15, 0.2) is 30.5 Å². The number of piperazine rings is 1. The first-order chi connectivity index (χ1) is 13.1. The second-order valence-electron chi connectivity index (χ2n) is 7.75. The van der Waals surface area contributed by atoms with E-state index in [4.69, 9.17) is 0 Å². The van der Waals surface area contributed by atoms with Gasteiger partial charge >= 0.3 is 0 Å². The van der Waals surface area contributed by atoms with E-state index >= 15 is 0 Å². The van der Waals surface area contributed by atoms with Crippen molar-refractivity contribution in [2.24, 2.45) is 0 Å². The molecule has 0 bridgehead atoms. The summed E-state index contributed by atoms with van der Waals surface area (Å²) in [6, 6.07) is 8.68. The van der Waals surface area contributed by atoms with E-state index in [-0.39, 0.29) is 0 Å². The number of hydrogen-bond donors (Lipinski definition) is 1. The number of nitrogens with one attached hydrogen (secondary N) is 1. The SMILES string of the molecule is Cc1ccc2[nH]cc(CCCN3CCN(c4nc(C)cc(C)n4)CC3)c2c1. The molecule has 5 nitrogen and oxygen atoms in total. The Hall–Kier alpha value is -2.40. The van der Waals surface area contributed by atoms with Crippen molar-refractivity contribution in [1.29, 1.82) is 0 Å². The predicted molar refractivity (Wildman–Crippen MR) is 112 cm³/mol. The molecule has 3 heterocycles. The Kier molecular flexibility index (Phi) is 5.12. The van der Waals surface area contributed by atoms with E-state index < -0.39 is 0 Å². The Morgan fingerprint density at radius 3 is 2.44 bits per heavy atom. The Balaban J connectivity index is 1.29. The molecular weight excluding hydrogens is 334 g/mol. The maximum atomic E-state index is 4.61. The van der Waals surface area contributed by atoms with Crippen molar-refractivity contribution in [3.63, 3.8) is 0 Å². The highest BCUT2D eigenvalue weighted by molar-refractivity contribution is 5.83. The lowest BCUT2D eigenvalue weighted by Gasteiger charge is -2.34. The minimum Gasteiger partial charge on any atom is -0.361 e. The summed E-state index contributed by atoms with van der Waals surface area (Å²) in [5.74, 6) is 0.890. The quantitative estimate of drug-likeness (QED) is 0.752. The number of rotatable bonds is 5. The zero-order valence-corrected chi connectivity index (χ0v) is 16.6. The molecule has 3 aromatic rings. The Bertz CT molecular complexity index is 901. The summed E-state index contributed by atoms with van der Waals surface area (Å²) in [4.78, 5) is 17.5. The third-order valence-electron chi connectivity index (χ3n) is 5.47. The number of aromatic amines is 1. The summed E-state index contributed by atoms with van der Waals surface area (Å²) in [6.45, 7) is 11.6. The third-order valence-corrected chi connectivity index (χ3v) is 5.47. The second-order valence-corrected chi connectivity index (χ2v) is 7.75. The van der Waals surface area contributed by atoms with Crippen LogP contribution in [0.25, 0.3) is 10.9 Å². The molecule has 0 spiro atoms. The molecule has 5 heteroatoms. The molecule has 0 saturated carbocycles. The summed E-state index contributed by atoms with van der Waals surface area (Å²) >= 11 is 0. The number of H-pyrrole nitrogens is 1. The smallest absolute Gasteiger partial charge is 0.225 e. The van der Waals surface area contributed by atoms with Gasteiger partial charge in [-0.25, -0.2) is 9.97 Å². The topological polar surface area (TPSA) is 48.1 Å². The maximum Gasteiger partial charge on any atom is 0.225 e. The van der Waals surface area contributed by atoms with Gasteiger partial charge in [-0.2, -0.15) is 0 Å². The van der Waals surface area contributed by atoms with Crippen LogP contribution in [-0.2, 0) is 6.42 Å². The van der Waals surface area contributed by atoms with E-state index in [0.717, 1.165) is 56.5 Å². The van der Waals surface area contributed by atoms with Crippen LogP contribution in [0, 0.1) is 20.8 Å². The fourth-order valence-corrected chi connectivity index (χ4v) is 4.01. The molecule has 27 heavy (non-hydrogen) atoms. The number of benzene rings is 1. The van der Waals surface area contributed by atoms with Crippen molar-refractivity contribution in [3.05, 3.63) is 53.0 Å². The largest absolute Gasteiger partial charge is 0.361 e. The number of anilines is 1. The van der Waals surface area contributed by atoms with Gasteiger partial charge in [0.2, 0.25) is 5.95 Å². The minimum atomic E-state index is 0.890. The summed E-state index contributed by atoms with van der Waals surface area (Å²) in [7, 11) is 0. The van der Waals surface area contributed by atoms with Gasteiger partial charge in [-0.3, -0.25) is 4.90 Å². The van der Waals surface area contributed by atoms with Crippen LogP contribution in [0.2, 0.25) is 0 Å². The highest BCUT2D eigenvalue weighted by atomic mass is 15.3. The van der Waals surface area contributed by atoms with E-state index in [0.29, 0.717) is 0 Å². The van der Waals surface area contributed by atoms with Gasteiger partial charge in [0.15, 0.2) is 0 Å². The highest BCUT2D eigenvalue weighted by Gasteiger charge is 2.19. The van der Waals surface area contributed by atoms with Crippen LogP contribution < -0.4 is 4.90 Å². The molecule has 1 aliphatic rings. The Labute approximate surface area is 161 Å². The molecule has 0 amide bonds. The van der Waals surface area contributed by atoms with Crippen molar-refractivity contribution >= 4 is 16.9 Å². The fraction of sp³-hybridized carbons (Fsp3) is 0.455. The van der Waals surface area contributed by atoms with E-state index in [9.17, 15) is 0 Å². The van der Waals surface area contributed by atoms with Crippen molar-refractivity contribution in [2.75, 3.05) is 37.6 Å². The third kappa shape index (κ3) is 4.14. The first-order valence-electron chi connectivity index (χ1n) is 9.95. The lowest BCUT2D eigenvalue weighted by Crippen LogP contribution is -2.47. The monoisotopic (exact) mass is 363 g/mol. The van der Waals surface area contributed by atoms with Gasteiger partial charge in [0.05, 0.1) is 0 Å². The van der Waals surface area contributed by atoms with E-state index in [1.54, 1.807) is 0 Å². The van der Waals surface area contributed by atoms with Crippen LogP contribution >= 0.6 is 0 Å². The first kappa shape index (κ1) is 18.0. The van der Waals surface area contributed by atoms with E-state index in [1.807, 2.05) is 19.9 Å². The van der Waals surface area contributed by atoms with Crippen molar-refractivity contribution in [1.82, 2.24) is 19.9 Å². The molecule has 1 saturated heterocycles. The summed E-state index contributed by atoms with van der Waals surface area (Å²) < 4.78 is 0. The molecule has 0 radical (unpaired) electrons. The average Bonchev–Trinajstić information content (AvgIpc) is 3.04. The summed E-state index contributed by atoms with van der Waals surface area (Å²) in [5.41, 5.74) is 6.12. The van der Waals surface area contributed by atoms with Gasteiger partial charge in [0, 0.05) is 54.7 Å². The summed E-state index contributed by atoms with van der Waals surface area (Å²) in [5, 5.41) is 1.38.